The van der Waals surface area contributed by atoms with E-state index < -0.39 is 11.9 Å². The van der Waals surface area contributed by atoms with Gasteiger partial charge in [0.25, 0.3) is 5.91 Å². The van der Waals surface area contributed by atoms with Crippen molar-refractivity contribution in [1.82, 2.24) is 5.32 Å². The van der Waals surface area contributed by atoms with Crippen LogP contribution in [-0.4, -0.2) is 35.7 Å². The summed E-state index contributed by atoms with van der Waals surface area (Å²) in [4.78, 5) is 22.3. The lowest BCUT2D eigenvalue weighted by Gasteiger charge is -2.09. The fourth-order valence-electron chi connectivity index (χ4n) is 1.46. The molecular formula is C13H17NO5. The summed E-state index contributed by atoms with van der Waals surface area (Å²) in [6, 6.07) is 4.31. The highest BCUT2D eigenvalue weighted by molar-refractivity contribution is 5.94. The van der Waals surface area contributed by atoms with Crippen LogP contribution >= 0.6 is 0 Å². The average Bonchev–Trinajstić information content (AvgIpc) is 2.38. The fourth-order valence-corrected chi connectivity index (χ4v) is 1.46. The highest BCUT2D eigenvalue weighted by Crippen LogP contribution is 2.26. The number of carboxylic acids is 1. The molecule has 104 valence electrons. The third-order valence-corrected chi connectivity index (χ3v) is 2.73. The van der Waals surface area contributed by atoms with Gasteiger partial charge in [0.15, 0.2) is 11.5 Å². The highest BCUT2D eigenvalue weighted by atomic mass is 16.5. The van der Waals surface area contributed by atoms with Gasteiger partial charge in [-0.25, -0.2) is 0 Å². The van der Waals surface area contributed by atoms with E-state index in [9.17, 15) is 14.7 Å². The molecule has 0 aliphatic heterocycles. The Kier molecular flexibility index (Phi) is 5.17. The van der Waals surface area contributed by atoms with E-state index in [4.69, 9.17) is 9.84 Å². The smallest absolute Gasteiger partial charge is 0.306 e. The Morgan fingerprint density at radius 3 is 2.63 bits per heavy atom. The molecule has 0 heterocycles. The zero-order valence-electron chi connectivity index (χ0n) is 10.8. The Balaban J connectivity index is 2.54. The first-order valence-corrected chi connectivity index (χ1v) is 5.83. The van der Waals surface area contributed by atoms with Crippen LogP contribution in [0.15, 0.2) is 18.2 Å². The number of amides is 1. The van der Waals surface area contributed by atoms with Gasteiger partial charge in [-0.15, -0.1) is 0 Å². The molecular weight excluding hydrogens is 250 g/mol. The van der Waals surface area contributed by atoms with Crippen LogP contribution in [0.5, 0.6) is 11.5 Å². The molecule has 1 unspecified atom stereocenters. The molecule has 1 aromatic rings. The lowest BCUT2D eigenvalue weighted by molar-refractivity contribution is -0.141. The molecule has 0 radical (unpaired) electrons. The van der Waals surface area contributed by atoms with E-state index in [1.165, 1.54) is 25.3 Å². The number of carbonyl (C=O) groups is 2. The molecule has 1 aromatic carbocycles. The number of benzene rings is 1. The van der Waals surface area contributed by atoms with Crippen molar-refractivity contribution in [2.75, 3.05) is 13.7 Å². The van der Waals surface area contributed by atoms with E-state index in [1.54, 1.807) is 6.92 Å². The van der Waals surface area contributed by atoms with Crippen molar-refractivity contribution in [1.29, 1.82) is 0 Å². The van der Waals surface area contributed by atoms with Gasteiger partial charge in [0.2, 0.25) is 0 Å². The van der Waals surface area contributed by atoms with Gasteiger partial charge >= 0.3 is 5.97 Å². The number of aliphatic carboxylic acids is 1. The van der Waals surface area contributed by atoms with E-state index in [0.717, 1.165) is 0 Å². The van der Waals surface area contributed by atoms with Crippen molar-refractivity contribution in [2.45, 2.75) is 13.3 Å². The van der Waals surface area contributed by atoms with E-state index >= 15 is 0 Å². The SMILES string of the molecule is COc1ccc(C(=O)NCCC(C)C(=O)O)cc1O. The summed E-state index contributed by atoms with van der Waals surface area (Å²) in [7, 11) is 1.42. The van der Waals surface area contributed by atoms with Gasteiger partial charge in [-0.2, -0.15) is 0 Å². The van der Waals surface area contributed by atoms with Crippen molar-refractivity contribution in [3.63, 3.8) is 0 Å². The number of nitrogens with one attached hydrogen (secondary N) is 1. The first-order valence-electron chi connectivity index (χ1n) is 5.83. The molecule has 0 saturated heterocycles. The Hall–Kier alpha value is -2.24. The molecule has 6 heteroatoms. The standard InChI is InChI=1S/C13H17NO5/c1-8(13(17)18)5-6-14-12(16)9-3-4-11(19-2)10(15)7-9/h3-4,7-8,15H,5-6H2,1-2H3,(H,14,16)(H,17,18). The number of methoxy groups -OCH3 is 1. The molecule has 0 aliphatic rings. The summed E-state index contributed by atoms with van der Waals surface area (Å²) < 4.78 is 4.87. The maximum Gasteiger partial charge on any atom is 0.306 e. The molecule has 0 saturated carbocycles. The molecule has 1 amide bonds. The lowest BCUT2D eigenvalue weighted by Crippen LogP contribution is -2.27. The topological polar surface area (TPSA) is 95.9 Å². The number of ether oxygens (including phenoxy) is 1. The van der Waals surface area contributed by atoms with Crippen molar-refractivity contribution >= 4 is 11.9 Å². The number of carbonyl (C=O) groups excluding carboxylic acids is 1. The number of phenolic OH excluding ortho intramolecular Hbond substituents is 1. The van der Waals surface area contributed by atoms with Gasteiger partial charge in [0.05, 0.1) is 13.0 Å². The van der Waals surface area contributed by atoms with E-state index in [2.05, 4.69) is 5.32 Å². The Labute approximate surface area is 111 Å². The second-order valence-electron chi connectivity index (χ2n) is 4.17. The van der Waals surface area contributed by atoms with Crippen LogP contribution in [0.4, 0.5) is 0 Å². The molecule has 0 bridgehead atoms. The normalized spacial score (nSPS) is 11.7. The maximum atomic E-state index is 11.7. The van der Waals surface area contributed by atoms with Gasteiger partial charge in [-0.1, -0.05) is 6.92 Å². The fraction of sp³-hybridized carbons (Fsp3) is 0.385. The summed E-state index contributed by atoms with van der Waals surface area (Å²) in [5.74, 6) is -1.60. The summed E-state index contributed by atoms with van der Waals surface area (Å²) in [5, 5.41) is 20.8. The van der Waals surface area contributed by atoms with E-state index in [-0.39, 0.29) is 24.0 Å². The van der Waals surface area contributed by atoms with Crippen LogP contribution in [0.1, 0.15) is 23.7 Å². The minimum absolute atomic E-state index is 0.117. The van der Waals surface area contributed by atoms with E-state index in [1.807, 2.05) is 0 Å². The zero-order valence-corrected chi connectivity index (χ0v) is 10.8. The van der Waals surface area contributed by atoms with Crippen molar-refractivity contribution in [2.24, 2.45) is 5.92 Å². The van der Waals surface area contributed by atoms with Crippen LogP contribution in [0.25, 0.3) is 0 Å². The molecule has 3 N–H and O–H groups in total. The summed E-state index contributed by atoms with van der Waals surface area (Å²) in [6.45, 7) is 1.84. The minimum atomic E-state index is -0.892. The second-order valence-corrected chi connectivity index (χ2v) is 4.17. The molecule has 6 nitrogen and oxygen atoms in total. The van der Waals surface area contributed by atoms with Crippen LogP contribution in [0, 0.1) is 5.92 Å². The first kappa shape index (κ1) is 14.8. The third kappa shape index (κ3) is 4.17. The largest absolute Gasteiger partial charge is 0.504 e. The highest BCUT2D eigenvalue weighted by Gasteiger charge is 2.12. The van der Waals surface area contributed by atoms with Crippen molar-refractivity contribution < 1.29 is 24.5 Å². The van der Waals surface area contributed by atoms with Crippen LogP contribution < -0.4 is 10.1 Å². The molecule has 1 rings (SSSR count). The first-order chi connectivity index (χ1) is 8.95. The molecule has 0 aliphatic carbocycles. The number of hydrogen-bond acceptors (Lipinski definition) is 4. The number of aromatic hydroxyl groups is 1. The molecule has 0 aromatic heterocycles. The number of rotatable bonds is 6. The number of hydrogen-bond donors (Lipinski definition) is 3. The van der Waals surface area contributed by atoms with Gasteiger partial charge in [-0.3, -0.25) is 9.59 Å². The van der Waals surface area contributed by atoms with E-state index in [0.29, 0.717) is 12.0 Å². The number of phenols is 1. The van der Waals surface area contributed by atoms with Gasteiger partial charge < -0.3 is 20.3 Å². The minimum Gasteiger partial charge on any atom is -0.504 e. The third-order valence-electron chi connectivity index (χ3n) is 2.73. The van der Waals surface area contributed by atoms with Crippen LogP contribution in [-0.2, 0) is 4.79 Å². The lowest BCUT2D eigenvalue weighted by atomic mass is 10.1. The van der Waals surface area contributed by atoms with Crippen molar-refractivity contribution in [3.8, 4) is 11.5 Å². The van der Waals surface area contributed by atoms with Crippen LogP contribution in [0.3, 0.4) is 0 Å². The molecule has 0 spiro atoms. The monoisotopic (exact) mass is 267 g/mol. The molecule has 19 heavy (non-hydrogen) atoms. The Morgan fingerprint density at radius 2 is 2.11 bits per heavy atom. The average molecular weight is 267 g/mol. The van der Waals surface area contributed by atoms with Gasteiger partial charge in [0, 0.05) is 12.1 Å². The second kappa shape index (κ2) is 6.63. The van der Waals surface area contributed by atoms with Gasteiger partial charge in [-0.05, 0) is 24.6 Å². The van der Waals surface area contributed by atoms with Crippen molar-refractivity contribution in [3.05, 3.63) is 23.8 Å². The predicted octanol–water partition coefficient (Wildman–Crippen LogP) is 1.24. The molecule has 0 fully saturated rings. The quantitative estimate of drug-likeness (QED) is 0.720. The predicted molar refractivity (Wildman–Crippen MR) is 68.4 cm³/mol. The Bertz CT molecular complexity index is 472. The summed E-state index contributed by atoms with van der Waals surface area (Å²) in [5.41, 5.74) is 0.293. The number of carboxylic acid groups (broad SMARTS) is 1. The summed E-state index contributed by atoms with van der Waals surface area (Å²) in [6.07, 6.45) is 0.350. The van der Waals surface area contributed by atoms with Gasteiger partial charge in [0.1, 0.15) is 0 Å². The summed E-state index contributed by atoms with van der Waals surface area (Å²) >= 11 is 0. The molecule has 1 atom stereocenters. The Morgan fingerprint density at radius 1 is 1.42 bits per heavy atom. The van der Waals surface area contributed by atoms with Crippen LogP contribution in [0.2, 0.25) is 0 Å². The zero-order chi connectivity index (χ0) is 14.4. The maximum absolute atomic E-state index is 11.7.